The van der Waals surface area contributed by atoms with Crippen molar-refractivity contribution in [2.24, 2.45) is 5.92 Å². The largest absolute Gasteiger partial charge is 0.478 e. The molecule has 2 rings (SSSR count). The Balaban J connectivity index is 2.15. The van der Waals surface area contributed by atoms with E-state index in [1.54, 1.807) is 0 Å². The number of allylic oxidation sites excluding steroid dienone is 1. The minimum Gasteiger partial charge on any atom is -0.478 e. The minimum absolute atomic E-state index is 0.413. The van der Waals surface area contributed by atoms with Crippen LogP contribution in [0.4, 0.5) is 0 Å². The second-order valence-corrected chi connectivity index (χ2v) is 5.13. The van der Waals surface area contributed by atoms with E-state index in [9.17, 15) is 4.79 Å². The smallest absolute Gasteiger partial charge is 0.328 e. The summed E-state index contributed by atoms with van der Waals surface area (Å²) in [4.78, 5) is 10.9. The van der Waals surface area contributed by atoms with E-state index in [4.69, 9.17) is 5.11 Å². The first-order chi connectivity index (χ1) is 8.66. The second-order valence-electron chi connectivity index (χ2n) is 5.13. The summed E-state index contributed by atoms with van der Waals surface area (Å²) in [6, 6.07) is 8.39. The third kappa shape index (κ3) is 3.22. The summed E-state index contributed by atoms with van der Waals surface area (Å²) < 4.78 is 0. The van der Waals surface area contributed by atoms with Crippen molar-refractivity contribution >= 4 is 5.97 Å². The molecule has 0 saturated heterocycles. The molecule has 1 N–H and O–H groups in total. The fraction of sp³-hybridized carbons (Fsp3) is 0.438. The molecule has 0 aromatic heterocycles. The van der Waals surface area contributed by atoms with Crippen molar-refractivity contribution in [3.05, 3.63) is 47.0 Å². The fourth-order valence-corrected chi connectivity index (χ4v) is 2.80. The monoisotopic (exact) mass is 244 g/mol. The molecule has 1 unspecified atom stereocenters. The molecule has 1 aliphatic carbocycles. The van der Waals surface area contributed by atoms with Gasteiger partial charge in [0, 0.05) is 6.08 Å². The highest BCUT2D eigenvalue weighted by atomic mass is 16.4. The van der Waals surface area contributed by atoms with Crippen LogP contribution in [0.25, 0.3) is 0 Å². The predicted octanol–water partition coefficient (Wildman–Crippen LogP) is 3.74. The van der Waals surface area contributed by atoms with E-state index < -0.39 is 5.97 Å². The van der Waals surface area contributed by atoms with Crippen LogP contribution in [0.3, 0.4) is 0 Å². The fourth-order valence-electron chi connectivity index (χ4n) is 2.80. The summed E-state index contributed by atoms with van der Waals surface area (Å²) in [6.45, 7) is 2.12. The molecule has 0 aliphatic heterocycles. The Morgan fingerprint density at radius 2 is 2.17 bits per heavy atom. The lowest BCUT2D eigenvalue weighted by Crippen LogP contribution is -2.14. The number of rotatable bonds is 3. The third-order valence-electron chi connectivity index (χ3n) is 3.83. The summed E-state index contributed by atoms with van der Waals surface area (Å²) in [5.74, 6) is -0.391. The van der Waals surface area contributed by atoms with Crippen LogP contribution in [-0.2, 0) is 11.2 Å². The van der Waals surface area contributed by atoms with Crippen LogP contribution in [0.5, 0.6) is 0 Å². The molecule has 1 aromatic carbocycles. The number of hydrogen-bond acceptors (Lipinski definition) is 1. The quantitative estimate of drug-likeness (QED) is 0.822. The molecular weight excluding hydrogens is 224 g/mol. The van der Waals surface area contributed by atoms with Crippen LogP contribution >= 0.6 is 0 Å². The number of carboxylic acids is 1. The molecule has 1 fully saturated rings. The zero-order valence-corrected chi connectivity index (χ0v) is 10.9. The van der Waals surface area contributed by atoms with Gasteiger partial charge in [-0.3, -0.25) is 0 Å². The number of hydrogen-bond donors (Lipinski definition) is 1. The third-order valence-corrected chi connectivity index (χ3v) is 3.83. The van der Waals surface area contributed by atoms with E-state index in [1.165, 1.54) is 23.6 Å². The molecule has 2 nitrogen and oxygen atoms in total. The van der Waals surface area contributed by atoms with Gasteiger partial charge in [-0.2, -0.15) is 0 Å². The predicted molar refractivity (Wildman–Crippen MR) is 72.6 cm³/mol. The SMILES string of the molecule is Cc1ccccc1CC1CCCCC1=CC(=O)O. The minimum atomic E-state index is -0.804. The molecule has 0 amide bonds. The first-order valence-electron chi connectivity index (χ1n) is 6.64. The molecule has 0 radical (unpaired) electrons. The van der Waals surface area contributed by atoms with E-state index in [0.717, 1.165) is 31.3 Å². The first kappa shape index (κ1) is 12.9. The molecule has 1 atom stereocenters. The van der Waals surface area contributed by atoms with E-state index >= 15 is 0 Å². The highest BCUT2D eigenvalue weighted by Gasteiger charge is 2.20. The van der Waals surface area contributed by atoms with Crippen LogP contribution < -0.4 is 0 Å². The topological polar surface area (TPSA) is 37.3 Å². The summed E-state index contributed by atoms with van der Waals surface area (Å²) in [5.41, 5.74) is 3.77. The number of aryl methyl sites for hydroxylation is 1. The van der Waals surface area contributed by atoms with Gasteiger partial charge in [0.05, 0.1) is 0 Å². The Morgan fingerprint density at radius 1 is 1.39 bits per heavy atom. The van der Waals surface area contributed by atoms with Crippen LogP contribution in [0.2, 0.25) is 0 Å². The van der Waals surface area contributed by atoms with Crippen LogP contribution in [0.1, 0.15) is 36.8 Å². The van der Waals surface area contributed by atoms with Crippen molar-refractivity contribution in [3.63, 3.8) is 0 Å². The van der Waals surface area contributed by atoms with Crippen molar-refractivity contribution in [2.75, 3.05) is 0 Å². The molecule has 0 bridgehead atoms. The number of benzene rings is 1. The highest BCUT2D eigenvalue weighted by Crippen LogP contribution is 2.32. The average molecular weight is 244 g/mol. The normalized spacial score (nSPS) is 22.1. The maximum atomic E-state index is 10.9. The zero-order valence-electron chi connectivity index (χ0n) is 10.9. The molecule has 1 aliphatic rings. The van der Waals surface area contributed by atoms with Gasteiger partial charge in [-0.25, -0.2) is 4.79 Å². The van der Waals surface area contributed by atoms with Crippen molar-refractivity contribution in [1.82, 2.24) is 0 Å². The number of carbonyl (C=O) groups is 1. The summed E-state index contributed by atoms with van der Waals surface area (Å²) in [6.07, 6.45) is 6.82. The molecule has 0 spiro atoms. The van der Waals surface area contributed by atoms with Crippen molar-refractivity contribution in [3.8, 4) is 0 Å². The van der Waals surface area contributed by atoms with Gasteiger partial charge in [-0.15, -0.1) is 0 Å². The molecule has 18 heavy (non-hydrogen) atoms. The van der Waals surface area contributed by atoms with Gasteiger partial charge in [-0.05, 0) is 49.7 Å². The van der Waals surface area contributed by atoms with Gasteiger partial charge in [0.25, 0.3) is 0 Å². The molecule has 1 aromatic rings. The van der Waals surface area contributed by atoms with Crippen molar-refractivity contribution in [2.45, 2.75) is 39.0 Å². The zero-order chi connectivity index (χ0) is 13.0. The Bertz CT molecular complexity index is 460. The van der Waals surface area contributed by atoms with Gasteiger partial charge in [0.15, 0.2) is 0 Å². The lowest BCUT2D eigenvalue weighted by Gasteiger charge is -2.25. The van der Waals surface area contributed by atoms with Crippen LogP contribution in [-0.4, -0.2) is 11.1 Å². The van der Waals surface area contributed by atoms with Gasteiger partial charge < -0.3 is 5.11 Å². The Kier molecular flexibility index (Phi) is 4.19. The standard InChI is InChI=1S/C16H20O2/c1-12-6-2-3-7-13(12)10-14-8-4-5-9-15(14)11-16(17)18/h2-3,6-7,11,14H,4-5,8-10H2,1H3,(H,17,18). The van der Waals surface area contributed by atoms with Gasteiger partial charge >= 0.3 is 5.97 Å². The van der Waals surface area contributed by atoms with Crippen molar-refractivity contribution < 1.29 is 9.90 Å². The molecule has 2 heteroatoms. The first-order valence-corrected chi connectivity index (χ1v) is 6.64. The maximum Gasteiger partial charge on any atom is 0.328 e. The lowest BCUT2D eigenvalue weighted by molar-refractivity contribution is -0.131. The van der Waals surface area contributed by atoms with Crippen molar-refractivity contribution in [1.29, 1.82) is 0 Å². The number of aliphatic carboxylic acids is 1. The molecular formula is C16H20O2. The van der Waals surface area contributed by atoms with Crippen LogP contribution in [0.15, 0.2) is 35.9 Å². The summed E-state index contributed by atoms with van der Waals surface area (Å²) >= 11 is 0. The molecule has 1 saturated carbocycles. The maximum absolute atomic E-state index is 10.9. The van der Waals surface area contributed by atoms with Gasteiger partial charge in [0.2, 0.25) is 0 Å². The molecule has 96 valence electrons. The van der Waals surface area contributed by atoms with Crippen LogP contribution in [0, 0.1) is 12.8 Å². The lowest BCUT2D eigenvalue weighted by atomic mass is 9.80. The summed E-state index contributed by atoms with van der Waals surface area (Å²) in [7, 11) is 0. The van der Waals surface area contributed by atoms with Gasteiger partial charge in [-0.1, -0.05) is 36.3 Å². The second kappa shape index (κ2) is 5.85. The summed E-state index contributed by atoms with van der Waals surface area (Å²) in [5, 5.41) is 8.93. The molecule has 0 heterocycles. The average Bonchev–Trinajstić information content (AvgIpc) is 2.34. The highest BCUT2D eigenvalue weighted by molar-refractivity contribution is 5.80. The van der Waals surface area contributed by atoms with E-state index in [0.29, 0.717) is 5.92 Å². The Labute approximate surface area is 108 Å². The van der Waals surface area contributed by atoms with E-state index in [1.807, 2.05) is 6.07 Å². The van der Waals surface area contributed by atoms with Gasteiger partial charge in [0.1, 0.15) is 0 Å². The Hall–Kier alpha value is -1.57. The van der Waals surface area contributed by atoms with E-state index in [-0.39, 0.29) is 0 Å². The number of carboxylic acid groups (broad SMARTS) is 1. The van der Waals surface area contributed by atoms with E-state index in [2.05, 4.69) is 25.1 Å². The Morgan fingerprint density at radius 3 is 2.89 bits per heavy atom.